The van der Waals surface area contributed by atoms with Gasteiger partial charge in [0.05, 0.1) is 32.6 Å². The van der Waals surface area contributed by atoms with Crippen LogP contribution in [0.5, 0.6) is 11.5 Å². The van der Waals surface area contributed by atoms with Crippen molar-refractivity contribution < 1.29 is 22.1 Å². The van der Waals surface area contributed by atoms with E-state index in [1.54, 1.807) is 18.2 Å². The lowest BCUT2D eigenvalue weighted by molar-refractivity contribution is 0.292. The summed E-state index contributed by atoms with van der Waals surface area (Å²) >= 11 is 0. The summed E-state index contributed by atoms with van der Waals surface area (Å²) < 4.78 is 36.7. The molecular formula is C10H14O5S. The zero-order valence-electron chi connectivity index (χ0n) is 9.39. The van der Waals surface area contributed by atoms with Crippen LogP contribution in [0.1, 0.15) is 5.56 Å². The Morgan fingerprint density at radius 3 is 2.00 bits per heavy atom. The average Bonchev–Trinajstić information content (AvgIpc) is 2.24. The quantitative estimate of drug-likeness (QED) is 0.730. The molecule has 0 atom stereocenters. The normalized spacial score (nSPS) is 11.2. The summed E-state index contributed by atoms with van der Waals surface area (Å²) in [6.45, 7) is -0.105. The number of hydrogen-bond acceptors (Lipinski definition) is 5. The van der Waals surface area contributed by atoms with Gasteiger partial charge in [-0.05, 0) is 12.1 Å². The topological polar surface area (TPSA) is 61.8 Å². The fourth-order valence-electron chi connectivity index (χ4n) is 1.24. The third kappa shape index (κ3) is 3.39. The number of ether oxygens (including phenoxy) is 2. The average molecular weight is 246 g/mol. The van der Waals surface area contributed by atoms with E-state index in [1.807, 2.05) is 0 Å². The van der Waals surface area contributed by atoms with Crippen LogP contribution in [0.15, 0.2) is 18.2 Å². The predicted molar refractivity (Wildman–Crippen MR) is 59.2 cm³/mol. The minimum atomic E-state index is -3.48. The van der Waals surface area contributed by atoms with Gasteiger partial charge in [-0.2, -0.15) is 8.42 Å². The first kappa shape index (κ1) is 12.8. The molecule has 0 saturated heterocycles. The highest BCUT2D eigenvalue weighted by molar-refractivity contribution is 7.85. The molecular weight excluding hydrogens is 232 g/mol. The first-order chi connectivity index (χ1) is 7.48. The van der Waals surface area contributed by atoms with Crippen LogP contribution in [-0.4, -0.2) is 28.9 Å². The van der Waals surface area contributed by atoms with Crippen LogP contribution in [0.25, 0.3) is 0 Å². The van der Waals surface area contributed by atoms with Gasteiger partial charge in [0.15, 0.2) is 0 Å². The Labute approximate surface area is 95.1 Å². The van der Waals surface area contributed by atoms with Crippen LogP contribution < -0.4 is 9.47 Å². The van der Waals surface area contributed by atoms with Gasteiger partial charge < -0.3 is 9.47 Å². The van der Waals surface area contributed by atoms with Gasteiger partial charge in [-0.15, -0.1) is 0 Å². The van der Waals surface area contributed by atoms with E-state index in [1.165, 1.54) is 14.2 Å². The van der Waals surface area contributed by atoms with Gasteiger partial charge in [-0.25, -0.2) is 0 Å². The summed E-state index contributed by atoms with van der Waals surface area (Å²) in [4.78, 5) is 0. The molecule has 0 unspecified atom stereocenters. The van der Waals surface area contributed by atoms with Crippen molar-refractivity contribution in [3.05, 3.63) is 23.8 Å². The summed E-state index contributed by atoms with van der Waals surface area (Å²) in [6.07, 6.45) is 0.995. The Morgan fingerprint density at radius 2 is 1.62 bits per heavy atom. The number of hydrogen-bond donors (Lipinski definition) is 0. The van der Waals surface area contributed by atoms with Gasteiger partial charge in [-0.3, -0.25) is 4.18 Å². The molecule has 1 rings (SSSR count). The molecule has 1 aromatic carbocycles. The number of benzene rings is 1. The van der Waals surface area contributed by atoms with Crippen LogP contribution in [0, 0.1) is 0 Å². The Bertz CT molecular complexity index is 430. The molecule has 0 aromatic heterocycles. The molecule has 1 aromatic rings. The van der Waals surface area contributed by atoms with Gasteiger partial charge in [0.1, 0.15) is 11.5 Å². The number of rotatable bonds is 5. The van der Waals surface area contributed by atoms with Gasteiger partial charge in [0.25, 0.3) is 10.1 Å². The maximum atomic E-state index is 10.9. The molecule has 0 fully saturated rings. The summed E-state index contributed by atoms with van der Waals surface area (Å²) in [6, 6.07) is 5.18. The molecule has 0 aliphatic rings. The molecule has 0 saturated carbocycles. The highest BCUT2D eigenvalue weighted by atomic mass is 32.2. The van der Waals surface area contributed by atoms with Gasteiger partial charge in [0, 0.05) is 0 Å². The van der Waals surface area contributed by atoms with Crippen molar-refractivity contribution in [2.45, 2.75) is 6.61 Å². The third-order valence-electron chi connectivity index (χ3n) is 1.95. The van der Waals surface area contributed by atoms with Gasteiger partial charge in [-0.1, -0.05) is 6.07 Å². The lowest BCUT2D eigenvalue weighted by Gasteiger charge is -2.12. The maximum Gasteiger partial charge on any atom is 0.264 e. The highest BCUT2D eigenvalue weighted by Gasteiger charge is 2.12. The number of methoxy groups -OCH3 is 2. The summed E-state index contributed by atoms with van der Waals surface area (Å²) in [7, 11) is -0.486. The Morgan fingerprint density at radius 1 is 1.12 bits per heavy atom. The maximum absolute atomic E-state index is 10.9. The molecule has 0 radical (unpaired) electrons. The fraction of sp³-hybridized carbons (Fsp3) is 0.400. The molecule has 0 heterocycles. The molecule has 16 heavy (non-hydrogen) atoms. The van der Waals surface area contributed by atoms with Crippen molar-refractivity contribution >= 4 is 10.1 Å². The minimum absolute atomic E-state index is 0.105. The van der Waals surface area contributed by atoms with E-state index < -0.39 is 10.1 Å². The zero-order valence-corrected chi connectivity index (χ0v) is 10.2. The van der Waals surface area contributed by atoms with E-state index in [9.17, 15) is 8.42 Å². The Balaban J connectivity index is 3.00. The second-order valence-electron chi connectivity index (χ2n) is 3.11. The lowest BCUT2D eigenvalue weighted by Crippen LogP contribution is -2.05. The monoisotopic (exact) mass is 246 g/mol. The van der Waals surface area contributed by atoms with E-state index in [0.717, 1.165) is 6.26 Å². The van der Waals surface area contributed by atoms with Crippen LogP contribution in [-0.2, 0) is 20.9 Å². The van der Waals surface area contributed by atoms with Crippen molar-refractivity contribution in [1.29, 1.82) is 0 Å². The Hall–Kier alpha value is -1.27. The molecule has 5 nitrogen and oxygen atoms in total. The van der Waals surface area contributed by atoms with Crippen molar-refractivity contribution in [2.75, 3.05) is 20.5 Å². The van der Waals surface area contributed by atoms with Crippen LogP contribution in [0.4, 0.5) is 0 Å². The van der Waals surface area contributed by atoms with Crippen molar-refractivity contribution in [3.8, 4) is 11.5 Å². The van der Waals surface area contributed by atoms with E-state index >= 15 is 0 Å². The SMILES string of the molecule is COc1cccc(OC)c1COS(C)(=O)=O. The van der Waals surface area contributed by atoms with E-state index in [-0.39, 0.29) is 6.61 Å². The fourth-order valence-corrected chi connectivity index (χ4v) is 1.57. The standard InChI is InChI=1S/C10H14O5S/c1-13-9-5-4-6-10(14-2)8(9)7-15-16(3,11)12/h4-6H,7H2,1-3H3. The van der Waals surface area contributed by atoms with Crippen molar-refractivity contribution in [1.82, 2.24) is 0 Å². The molecule has 0 N–H and O–H groups in total. The highest BCUT2D eigenvalue weighted by Crippen LogP contribution is 2.29. The first-order valence-corrected chi connectivity index (χ1v) is 6.34. The predicted octanol–water partition coefficient (Wildman–Crippen LogP) is 1.18. The minimum Gasteiger partial charge on any atom is -0.496 e. The summed E-state index contributed by atoms with van der Waals surface area (Å²) in [5, 5.41) is 0. The molecule has 90 valence electrons. The molecule has 0 aliphatic heterocycles. The summed E-state index contributed by atoms with van der Waals surface area (Å²) in [5.74, 6) is 1.06. The smallest absolute Gasteiger partial charge is 0.264 e. The molecule has 0 bridgehead atoms. The van der Waals surface area contributed by atoms with Crippen molar-refractivity contribution in [3.63, 3.8) is 0 Å². The zero-order chi connectivity index (χ0) is 12.2. The first-order valence-electron chi connectivity index (χ1n) is 4.52. The van der Waals surface area contributed by atoms with Crippen LogP contribution in [0.2, 0.25) is 0 Å². The Kier molecular flexibility index (Phi) is 4.14. The van der Waals surface area contributed by atoms with Gasteiger partial charge in [0.2, 0.25) is 0 Å². The summed E-state index contributed by atoms with van der Waals surface area (Å²) in [5.41, 5.74) is 0.568. The third-order valence-corrected chi connectivity index (χ3v) is 2.49. The van der Waals surface area contributed by atoms with E-state index in [4.69, 9.17) is 13.7 Å². The molecule has 6 heteroatoms. The largest absolute Gasteiger partial charge is 0.496 e. The lowest BCUT2D eigenvalue weighted by atomic mass is 10.2. The second kappa shape index (κ2) is 5.18. The van der Waals surface area contributed by atoms with Crippen LogP contribution >= 0.6 is 0 Å². The van der Waals surface area contributed by atoms with Gasteiger partial charge >= 0.3 is 0 Å². The molecule has 0 amide bonds. The van der Waals surface area contributed by atoms with Crippen molar-refractivity contribution in [2.24, 2.45) is 0 Å². The van der Waals surface area contributed by atoms with E-state index in [0.29, 0.717) is 17.1 Å². The van der Waals surface area contributed by atoms with E-state index in [2.05, 4.69) is 0 Å². The van der Waals surface area contributed by atoms with Crippen LogP contribution in [0.3, 0.4) is 0 Å². The molecule has 0 spiro atoms. The molecule has 0 aliphatic carbocycles. The second-order valence-corrected chi connectivity index (χ2v) is 4.75.